The molecule has 2 aromatic rings. The highest BCUT2D eigenvalue weighted by molar-refractivity contribution is 5.91. The number of phenolic OH excluding ortho intramolecular Hbond substituents is 2. The minimum atomic E-state index is -0.105. The first-order chi connectivity index (χ1) is 9.54. The summed E-state index contributed by atoms with van der Waals surface area (Å²) in [5, 5.41) is 21.4. The lowest BCUT2D eigenvalue weighted by atomic mass is 10.1. The highest BCUT2D eigenvalue weighted by Gasteiger charge is 2.06. The fraction of sp³-hybridized carbons (Fsp3) is 0.188. The van der Waals surface area contributed by atoms with Crippen molar-refractivity contribution < 1.29 is 15.0 Å². The van der Waals surface area contributed by atoms with Gasteiger partial charge in [-0.3, -0.25) is 4.79 Å². The monoisotopic (exact) mass is 271 g/mol. The second-order valence-electron chi connectivity index (χ2n) is 4.71. The highest BCUT2D eigenvalue weighted by Crippen LogP contribution is 2.21. The van der Waals surface area contributed by atoms with E-state index in [2.05, 4.69) is 5.32 Å². The van der Waals surface area contributed by atoms with Crippen LogP contribution in [0.3, 0.4) is 0 Å². The van der Waals surface area contributed by atoms with Gasteiger partial charge in [0.05, 0.1) is 0 Å². The Hall–Kier alpha value is -2.49. The van der Waals surface area contributed by atoms with Crippen LogP contribution in [-0.2, 0) is 11.2 Å². The van der Waals surface area contributed by atoms with Crippen LogP contribution >= 0.6 is 0 Å². The third-order valence-corrected chi connectivity index (χ3v) is 3.07. The number of hydrogen-bond acceptors (Lipinski definition) is 3. The van der Waals surface area contributed by atoms with Gasteiger partial charge in [0, 0.05) is 18.2 Å². The largest absolute Gasteiger partial charge is 0.508 e. The van der Waals surface area contributed by atoms with Gasteiger partial charge in [0.2, 0.25) is 5.91 Å². The minimum Gasteiger partial charge on any atom is -0.508 e. The number of anilines is 1. The first kappa shape index (κ1) is 13.9. The number of carbonyl (C=O) groups is 1. The predicted octanol–water partition coefficient (Wildman–Crippen LogP) is 2.98. The van der Waals surface area contributed by atoms with Gasteiger partial charge in [-0.1, -0.05) is 18.2 Å². The number of hydrogen-bond donors (Lipinski definition) is 3. The molecule has 3 N–H and O–H groups in total. The third-order valence-electron chi connectivity index (χ3n) is 3.07. The van der Waals surface area contributed by atoms with Crippen molar-refractivity contribution in [2.45, 2.75) is 19.8 Å². The summed E-state index contributed by atoms with van der Waals surface area (Å²) in [6, 6.07) is 11.7. The van der Waals surface area contributed by atoms with Crippen molar-refractivity contribution in [1.82, 2.24) is 0 Å². The zero-order chi connectivity index (χ0) is 14.5. The molecular formula is C16H17NO3. The van der Waals surface area contributed by atoms with Crippen LogP contribution in [0.5, 0.6) is 11.5 Å². The molecule has 0 bridgehead atoms. The summed E-state index contributed by atoms with van der Waals surface area (Å²) >= 11 is 0. The summed E-state index contributed by atoms with van der Waals surface area (Å²) in [5.74, 6) is 0.241. The minimum absolute atomic E-state index is 0.105. The molecule has 2 aromatic carbocycles. The van der Waals surface area contributed by atoms with E-state index in [0.717, 1.165) is 11.1 Å². The Kier molecular flexibility index (Phi) is 4.25. The first-order valence-electron chi connectivity index (χ1n) is 6.42. The smallest absolute Gasteiger partial charge is 0.224 e. The zero-order valence-electron chi connectivity index (χ0n) is 11.3. The molecule has 4 nitrogen and oxygen atoms in total. The van der Waals surface area contributed by atoms with Crippen molar-refractivity contribution in [2.75, 3.05) is 5.32 Å². The molecule has 1 amide bonds. The fourth-order valence-corrected chi connectivity index (χ4v) is 1.88. The molecule has 0 unspecified atom stereocenters. The Morgan fingerprint density at radius 1 is 1.05 bits per heavy atom. The van der Waals surface area contributed by atoms with E-state index >= 15 is 0 Å². The zero-order valence-corrected chi connectivity index (χ0v) is 11.3. The van der Waals surface area contributed by atoms with E-state index in [1.165, 1.54) is 6.07 Å². The van der Waals surface area contributed by atoms with E-state index in [1.807, 2.05) is 6.92 Å². The predicted molar refractivity (Wildman–Crippen MR) is 77.9 cm³/mol. The summed E-state index contributed by atoms with van der Waals surface area (Å²) in [4.78, 5) is 11.9. The van der Waals surface area contributed by atoms with Crippen LogP contribution < -0.4 is 5.32 Å². The fourth-order valence-electron chi connectivity index (χ4n) is 1.88. The molecule has 20 heavy (non-hydrogen) atoms. The molecule has 0 aliphatic rings. The molecular weight excluding hydrogens is 254 g/mol. The maximum absolute atomic E-state index is 11.9. The number of carbonyl (C=O) groups excluding carboxylic acids is 1. The van der Waals surface area contributed by atoms with Gasteiger partial charge in [0.15, 0.2) is 0 Å². The van der Waals surface area contributed by atoms with E-state index in [9.17, 15) is 15.0 Å². The van der Waals surface area contributed by atoms with Gasteiger partial charge in [-0.15, -0.1) is 0 Å². The Balaban J connectivity index is 1.92. The molecule has 104 valence electrons. The molecule has 0 radical (unpaired) electrons. The molecule has 0 saturated heterocycles. The van der Waals surface area contributed by atoms with Gasteiger partial charge in [-0.25, -0.2) is 0 Å². The number of benzene rings is 2. The van der Waals surface area contributed by atoms with Gasteiger partial charge < -0.3 is 15.5 Å². The number of nitrogens with one attached hydrogen (secondary N) is 1. The molecule has 0 fully saturated rings. The Morgan fingerprint density at radius 3 is 2.40 bits per heavy atom. The lowest BCUT2D eigenvalue weighted by molar-refractivity contribution is -0.116. The van der Waals surface area contributed by atoms with E-state index in [4.69, 9.17) is 0 Å². The molecule has 4 heteroatoms. The lowest BCUT2D eigenvalue weighted by Gasteiger charge is -2.09. The molecule has 0 aromatic heterocycles. The normalized spacial score (nSPS) is 10.2. The van der Waals surface area contributed by atoms with E-state index in [0.29, 0.717) is 18.5 Å². The van der Waals surface area contributed by atoms with Crippen LogP contribution in [0, 0.1) is 6.92 Å². The Morgan fingerprint density at radius 2 is 1.70 bits per heavy atom. The highest BCUT2D eigenvalue weighted by atomic mass is 16.3. The number of rotatable bonds is 4. The third kappa shape index (κ3) is 3.75. The maximum atomic E-state index is 11.9. The van der Waals surface area contributed by atoms with E-state index < -0.39 is 0 Å². The van der Waals surface area contributed by atoms with Crippen LogP contribution in [0.2, 0.25) is 0 Å². The molecule has 0 saturated carbocycles. The Bertz CT molecular complexity index is 606. The topological polar surface area (TPSA) is 69.6 Å². The van der Waals surface area contributed by atoms with Crippen LogP contribution in [0.1, 0.15) is 17.5 Å². The van der Waals surface area contributed by atoms with Gasteiger partial charge in [0.25, 0.3) is 0 Å². The number of amides is 1. The lowest BCUT2D eigenvalue weighted by Crippen LogP contribution is -2.13. The molecule has 0 aliphatic heterocycles. The summed E-state index contributed by atoms with van der Waals surface area (Å²) in [6.45, 7) is 1.87. The molecule has 0 aliphatic carbocycles. The summed E-state index contributed by atoms with van der Waals surface area (Å²) < 4.78 is 0. The summed E-state index contributed by atoms with van der Waals surface area (Å²) in [6.07, 6.45) is 0.948. The van der Waals surface area contributed by atoms with Crippen LogP contribution in [0.25, 0.3) is 0 Å². The standard InChI is InChI=1S/C16H17NO3/c1-11-2-6-14(19)10-15(11)17-16(20)9-5-12-3-7-13(18)8-4-12/h2-4,6-8,10,18-19H,5,9H2,1H3,(H,17,20). The van der Waals surface area contributed by atoms with Crippen molar-refractivity contribution in [3.8, 4) is 11.5 Å². The first-order valence-corrected chi connectivity index (χ1v) is 6.42. The number of aromatic hydroxyl groups is 2. The van der Waals surface area contributed by atoms with Crippen molar-refractivity contribution >= 4 is 11.6 Å². The average Bonchev–Trinajstić information content (AvgIpc) is 2.42. The van der Waals surface area contributed by atoms with Crippen molar-refractivity contribution in [3.05, 3.63) is 53.6 Å². The van der Waals surface area contributed by atoms with E-state index in [1.54, 1.807) is 36.4 Å². The maximum Gasteiger partial charge on any atom is 0.224 e. The van der Waals surface area contributed by atoms with Crippen LogP contribution in [-0.4, -0.2) is 16.1 Å². The molecule has 0 heterocycles. The Labute approximate surface area is 117 Å². The van der Waals surface area contributed by atoms with Crippen molar-refractivity contribution in [2.24, 2.45) is 0 Å². The second kappa shape index (κ2) is 6.10. The second-order valence-corrected chi connectivity index (χ2v) is 4.71. The van der Waals surface area contributed by atoms with Gasteiger partial charge in [0.1, 0.15) is 11.5 Å². The SMILES string of the molecule is Cc1ccc(O)cc1NC(=O)CCc1ccc(O)cc1. The van der Waals surface area contributed by atoms with Gasteiger partial charge >= 0.3 is 0 Å². The number of phenols is 2. The summed E-state index contributed by atoms with van der Waals surface area (Å²) in [5.41, 5.74) is 2.52. The van der Waals surface area contributed by atoms with E-state index in [-0.39, 0.29) is 17.4 Å². The van der Waals surface area contributed by atoms with Gasteiger partial charge in [-0.2, -0.15) is 0 Å². The quantitative estimate of drug-likeness (QED) is 0.800. The van der Waals surface area contributed by atoms with Gasteiger partial charge in [-0.05, 0) is 42.7 Å². The van der Waals surface area contributed by atoms with Crippen molar-refractivity contribution in [1.29, 1.82) is 0 Å². The van der Waals surface area contributed by atoms with Crippen LogP contribution in [0.15, 0.2) is 42.5 Å². The average molecular weight is 271 g/mol. The molecule has 2 rings (SSSR count). The molecule has 0 atom stereocenters. The van der Waals surface area contributed by atoms with Crippen molar-refractivity contribution in [3.63, 3.8) is 0 Å². The number of aryl methyl sites for hydroxylation is 2. The van der Waals surface area contributed by atoms with Crippen LogP contribution in [0.4, 0.5) is 5.69 Å². The summed E-state index contributed by atoms with van der Waals surface area (Å²) in [7, 11) is 0. The molecule has 0 spiro atoms.